The first-order chi connectivity index (χ1) is 15.9. The second-order valence-electron chi connectivity index (χ2n) is 7.31. The van der Waals surface area contributed by atoms with Gasteiger partial charge >= 0.3 is 0 Å². The molecule has 3 aromatic carbocycles. The van der Waals surface area contributed by atoms with Crippen LogP contribution in [0.25, 0.3) is 11.0 Å². The Balaban J connectivity index is 1.52. The van der Waals surface area contributed by atoms with Crippen molar-refractivity contribution in [3.8, 4) is 0 Å². The second-order valence-corrected chi connectivity index (χ2v) is 9.07. The molecule has 0 bridgehead atoms. The SMILES string of the molecule is C=CCNS(=O)(=O)c1cccc(C(=O)Nc2ccc3nc(Cc4ccccc4F)[nH]c3c2)c1. The molecule has 9 heteroatoms. The van der Waals surface area contributed by atoms with Crippen LogP contribution in [0.1, 0.15) is 21.7 Å². The van der Waals surface area contributed by atoms with E-state index >= 15 is 0 Å². The van der Waals surface area contributed by atoms with Crippen molar-refractivity contribution in [3.63, 3.8) is 0 Å². The summed E-state index contributed by atoms with van der Waals surface area (Å²) in [6, 6.07) is 17.4. The van der Waals surface area contributed by atoms with Gasteiger partial charge in [-0.15, -0.1) is 6.58 Å². The van der Waals surface area contributed by atoms with Gasteiger partial charge in [0, 0.05) is 24.2 Å². The van der Waals surface area contributed by atoms with Crippen LogP contribution in [0.15, 0.2) is 84.3 Å². The fourth-order valence-electron chi connectivity index (χ4n) is 3.31. The van der Waals surface area contributed by atoms with E-state index in [-0.39, 0.29) is 22.8 Å². The van der Waals surface area contributed by atoms with Crippen molar-refractivity contribution in [2.24, 2.45) is 0 Å². The molecule has 0 unspecified atom stereocenters. The summed E-state index contributed by atoms with van der Waals surface area (Å²) in [6.45, 7) is 3.57. The van der Waals surface area contributed by atoms with Crippen LogP contribution >= 0.6 is 0 Å². The number of carbonyl (C=O) groups is 1. The first-order valence-corrected chi connectivity index (χ1v) is 11.6. The van der Waals surface area contributed by atoms with Crippen LogP contribution in [0.5, 0.6) is 0 Å². The monoisotopic (exact) mass is 464 g/mol. The molecule has 0 atom stereocenters. The maximum Gasteiger partial charge on any atom is 0.255 e. The number of hydrogen-bond acceptors (Lipinski definition) is 4. The summed E-state index contributed by atoms with van der Waals surface area (Å²) in [5.74, 6) is -0.153. The summed E-state index contributed by atoms with van der Waals surface area (Å²) in [5.41, 5.74) is 2.60. The number of nitrogens with one attached hydrogen (secondary N) is 3. The molecule has 4 rings (SSSR count). The number of hydrogen-bond donors (Lipinski definition) is 3. The van der Waals surface area contributed by atoms with Gasteiger partial charge in [-0.1, -0.05) is 30.3 Å². The molecule has 168 valence electrons. The molecule has 0 aliphatic carbocycles. The summed E-state index contributed by atoms with van der Waals surface area (Å²) in [4.78, 5) is 20.3. The highest BCUT2D eigenvalue weighted by Crippen LogP contribution is 2.20. The van der Waals surface area contributed by atoms with Gasteiger partial charge in [0.15, 0.2) is 0 Å². The van der Waals surface area contributed by atoms with Crippen molar-refractivity contribution in [1.29, 1.82) is 0 Å². The first kappa shape index (κ1) is 22.4. The highest BCUT2D eigenvalue weighted by molar-refractivity contribution is 7.89. The second kappa shape index (κ2) is 9.35. The number of amides is 1. The number of halogens is 1. The molecular formula is C24H21FN4O3S. The minimum atomic E-state index is -3.75. The lowest BCUT2D eigenvalue weighted by Crippen LogP contribution is -2.24. The van der Waals surface area contributed by atoms with Gasteiger partial charge in [0.2, 0.25) is 10.0 Å². The van der Waals surface area contributed by atoms with E-state index in [1.54, 1.807) is 36.4 Å². The lowest BCUT2D eigenvalue weighted by atomic mass is 10.1. The molecular weight excluding hydrogens is 443 g/mol. The van der Waals surface area contributed by atoms with Gasteiger partial charge in [-0.3, -0.25) is 4.79 Å². The van der Waals surface area contributed by atoms with Crippen molar-refractivity contribution in [2.45, 2.75) is 11.3 Å². The largest absolute Gasteiger partial charge is 0.342 e. The van der Waals surface area contributed by atoms with Crippen molar-refractivity contribution >= 4 is 32.7 Å². The predicted octanol–water partition coefficient (Wildman–Crippen LogP) is 4.01. The van der Waals surface area contributed by atoms with Crippen molar-refractivity contribution < 1.29 is 17.6 Å². The van der Waals surface area contributed by atoms with Gasteiger partial charge in [0.05, 0.1) is 15.9 Å². The molecule has 0 spiro atoms. The Morgan fingerprint density at radius 3 is 2.70 bits per heavy atom. The van der Waals surface area contributed by atoms with Crippen molar-refractivity contribution in [1.82, 2.24) is 14.7 Å². The number of nitrogens with zero attached hydrogens (tertiary/aromatic N) is 1. The molecule has 4 aromatic rings. The number of fused-ring (bicyclic) bond motifs is 1. The smallest absolute Gasteiger partial charge is 0.255 e. The van der Waals surface area contributed by atoms with Gasteiger partial charge in [-0.2, -0.15) is 0 Å². The minimum Gasteiger partial charge on any atom is -0.342 e. The maximum atomic E-state index is 13.9. The van der Waals surface area contributed by atoms with E-state index in [0.717, 1.165) is 0 Å². The van der Waals surface area contributed by atoms with Gasteiger partial charge < -0.3 is 10.3 Å². The fourth-order valence-corrected chi connectivity index (χ4v) is 4.35. The third-order valence-electron chi connectivity index (χ3n) is 4.93. The van der Waals surface area contributed by atoms with Gasteiger partial charge in [0.25, 0.3) is 5.91 Å². The van der Waals surface area contributed by atoms with E-state index in [1.807, 2.05) is 0 Å². The molecule has 1 aromatic heterocycles. The Hall–Kier alpha value is -3.82. The number of aromatic nitrogens is 2. The van der Waals surface area contributed by atoms with E-state index in [9.17, 15) is 17.6 Å². The number of aromatic amines is 1. The third kappa shape index (κ3) is 5.16. The number of imidazole rings is 1. The zero-order valence-electron chi connectivity index (χ0n) is 17.5. The Morgan fingerprint density at radius 1 is 1.09 bits per heavy atom. The van der Waals surface area contributed by atoms with Crippen LogP contribution in [0.2, 0.25) is 0 Å². The van der Waals surface area contributed by atoms with Gasteiger partial charge in [-0.05, 0) is 48.0 Å². The van der Waals surface area contributed by atoms with Crippen LogP contribution in [-0.4, -0.2) is 30.8 Å². The summed E-state index contributed by atoms with van der Waals surface area (Å²) < 4.78 is 40.9. The van der Waals surface area contributed by atoms with Gasteiger partial charge in [-0.25, -0.2) is 22.5 Å². The highest BCUT2D eigenvalue weighted by Gasteiger charge is 2.16. The average Bonchev–Trinajstić information content (AvgIpc) is 3.21. The summed E-state index contributed by atoms with van der Waals surface area (Å²) in [5, 5.41) is 2.76. The Morgan fingerprint density at radius 2 is 1.91 bits per heavy atom. The Bertz CT molecular complexity index is 1450. The van der Waals surface area contributed by atoms with E-state index < -0.39 is 15.9 Å². The molecule has 0 fully saturated rings. The van der Waals surface area contributed by atoms with Crippen LogP contribution < -0.4 is 10.0 Å². The third-order valence-corrected chi connectivity index (χ3v) is 6.35. The number of benzene rings is 3. The molecule has 0 aliphatic heterocycles. The lowest BCUT2D eigenvalue weighted by molar-refractivity contribution is 0.102. The zero-order valence-corrected chi connectivity index (χ0v) is 18.3. The predicted molar refractivity (Wildman–Crippen MR) is 125 cm³/mol. The first-order valence-electron chi connectivity index (χ1n) is 10.1. The Labute approximate surface area is 190 Å². The zero-order chi connectivity index (χ0) is 23.4. The molecule has 1 amide bonds. The minimum absolute atomic E-state index is 0.0150. The Kier molecular flexibility index (Phi) is 6.34. The normalized spacial score (nSPS) is 11.4. The maximum absolute atomic E-state index is 13.9. The van der Waals surface area contributed by atoms with Gasteiger partial charge in [0.1, 0.15) is 11.6 Å². The van der Waals surface area contributed by atoms with Crippen LogP contribution in [0, 0.1) is 5.82 Å². The van der Waals surface area contributed by atoms with Crippen molar-refractivity contribution in [2.75, 3.05) is 11.9 Å². The van der Waals surface area contributed by atoms with Crippen molar-refractivity contribution in [3.05, 3.63) is 102 Å². The summed E-state index contributed by atoms with van der Waals surface area (Å²) in [7, 11) is -3.75. The molecule has 0 saturated heterocycles. The van der Waals surface area contributed by atoms with Crippen LogP contribution in [0.4, 0.5) is 10.1 Å². The fraction of sp³-hybridized carbons (Fsp3) is 0.0833. The average molecular weight is 465 g/mol. The number of anilines is 1. The number of carbonyl (C=O) groups excluding carboxylic acids is 1. The molecule has 0 aliphatic rings. The van der Waals surface area contributed by atoms with Crippen LogP contribution in [-0.2, 0) is 16.4 Å². The number of rotatable bonds is 8. The van der Waals surface area contributed by atoms with E-state index in [1.165, 1.54) is 36.4 Å². The van der Waals surface area contributed by atoms with E-state index in [2.05, 4.69) is 26.6 Å². The quantitative estimate of drug-likeness (QED) is 0.343. The standard InChI is InChI=1S/C24H21FN4O3S/c1-2-12-26-33(31,32)19-8-5-7-17(13-19)24(30)27-18-10-11-21-22(15-18)29-23(28-21)14-16-6-3-4-9-20(16)25/h2-11,13,15,26H,1,12,14H2,(H,27,30)(H,28,29). The molecule has 33 heavy (non-hydrogen) atoms. The highest BCUT2D eigenvalue weighted by atomic mass is 32.2. The molecule has 0 saturated carbocycles. The molecule has 7 nitrogen and oxygen atoms in total. The molecule has 1 heterocycles. The lowest BCUT2D eigenvalue weighted by Gasteiger charge is -2.08. The molecule has 0 radical (unpaired) electrons. The number of sulfonamides is 1. The van der Waals surface area contributed by atoms with Crippen LogP contribution in [0.3, 0.4) is 0 Å². The molecule has 3 N–H and O–H groups in total. The number of H-pyrrole nitrogens is 1. The summed E-state index contributed by atoms with van der Waals surface area (Å²) in [6.07, 6.45) is 1.74. The topological polar surface area (TPSA) is 104 Å². The van der Waals surface area contributed by atoms with E-state index in [0.29, 0.717) is 34.5 Å². The summed E-state index contributed by atoms with van der Waals surface area (Å²) >= 11 is 0. The van der Waals surface area contributed by atoms with E-state index in [4.69, 9.17) is 0 Å².